The molecular formula is C21H29N3O4. The van der Waals surface area contributed by atoms with E-state index in [0.717, 1.165) is 19.6 Å². The van der Waals surface area contributed by atoms with Gasteiger partial charge in [-0.2, -0.15) is 0 Å². The zero-order chi connectivity index (χ0) is 19.3. The van der Waals surface area contributed by atoms with Crippen LogP contribution in [-0.2, 0) is 16.1 Å². The van der Waals surface area contributed by atoms with E-state index < -0.39 is 5.76 Å². The van der Waals surface area contributed by atoms with Crippen molar-refractivity contribution in [1.29, 1.82) is 0 Å². The summed E-state index contributed by atoms with van der Waals surface area (Å²) < 4.78 is 12.5. The third-order valence-corrected chi connectivity index (χ3v) is 5.77. The summed E-state index contributed by atoms with van der Waals surface area (Å²) in [6.45, 7) is 5.74. The summed E-state index contributed by atoms with van der Waals surface area (Å²) >= 11 is 0. The fourth-order valence-corrected chi connectivity index (χ4v) is 4.30. The number of rotatable bonds is 4. The molecule has 1 aromatic heterocycles. The highest BCUT2D eigenvalue weighted by Crippen LogP contribution is 2.16. The van der Waals surface area contributed by atoms with Crippen molar-refractivity contribution in [2.24, 2.45) is 5.92 Å². The summed E-state index contributed by atoms with van der Waals surface area (Å²) in [5, 5.41) is 0. The quantitative estimate of drug-likeness (QED) is 0.802. The molecular weight excluding hydrogens is 358 g/mol. The van der Waals surface area contributed by atoms with E-state index in [1.54, 1.807) is 12.1 Å². The number of hydrogen-bond acceptors (Lipinski definition) is 5. The van der Waals surface area contributed by atoms with E-state index in [4.69, 9.17) is 9.15 Å². The molecule has 2 aliphatic rings. The molecule has 0 aliphatic carbocycles. The SMILES string of the molecule is O=C(Cn1c(=O)oc2ccccc21)N1CCOCC(CN2CCCCCC2)C1. The molecule has 0 spiro atoms. The van der Waals surface area contributed by atoms with E-state index in [1.165, 1.54) is 30.3 Å². The van der Waals surface area contributed by atoms with Crippen LogP contribution in [0.3, 0.4) is 0 Å². The Balaban J connectivity index is 1.42. The normalized spacial score (nSPS) is 22.1. The molecule has 2 fully saturated rings. The van der Waals surface area contributed by atoms with Crippen molar-refractivity contribution in [3.8, 4) is 0 Å². The largest absolute Gasteiger partial charge is 0.420 e. The van der Waals surface area contributed by atoms with E-state index in [2.05, 4.69) is 4.90 Å². The molecule has 1 atom stereocenters. The molecule has 3 heterocycles. The van der Waals surface area contributed by atoms with Gasteiger partial charge in [0, 0.05) is 25.6 Å². The van der Waals surface area contributed by atoms with Gasteiger partial charge in [0.2, 0.25) is 5.91 Å². The molecule has 1 unspecified atom stereocenters. The number of para-hydroxylation sites is 2. The van der Waals surface area contributed by atoms with Gasteiger partial charge < -0.3 is 19.0 Å². The summed E-state index contributed by atoms with van der Waals surface area (Å²) in [6, 6.07) is 7.21. The van der Waals surface area contributed by atoms with Gasteiger partial charge in [-0.25, -0.2) is 4.79 Å². The second kappa shape index (κ2) is 8.92. The smallest absolute Gasteiger partial charge is 0.408 e. The van der Waals surface area contributed by atoms with E-state index in [-0.39, 0.29) is 12.5 Å². The third-order valence-electron chi connectivity index (χ3n) is 5.77. The maximum absolute atomic E-state index is 13.0. The second-order valence-electron chi connectivity index (χ2n) is 7.92. The number of amides is 1. The number of oxazole rings is 1. The molecule has 1 aromatic carbocycles. The van der Waals surface area contributed by atoms with Crippen LogP contribution in [0, 0.1) is 5.92 Å². The molecule has 0 N–H and O–H groups in total. The Morgan fingerprint density at radius 2 is 1.86 bits per heavy atom. The summed E-state index contributed by atoms with van der Waals surface area (Å²) in [6.07, 6.45) is 5.14. The number of hydrogen-bond donors (Lipinski definition) is 0. The molecule has 4 rings (SSSR count). The molecule has 2 aromatic rings. The fraction of sp³-hybridized carbons (Fsp3) is 0.619. The fourth-order valence-electron chi connectivity index (χ4n) is 4.30. The average molecular weight is 387 g/mol. The third kappa shape index (κ3) is 4.47. The first-order valence-corrected chi connectivity index (χ1v) is 10.4. The molecule has 0 saturated carbocycles. The van der Waals surface area contributed by atoms with Gasteiger partial charge in [0.1, 0.15) is 6.54 Å². The van der Waals surface area contributed by atoms with E-state index in [9.17, 15) is 9.59 Å². The highest BCUT2D eigenvalue weighted by atomic mass is 16.5. The van der Waals surface area contributed by atoms with E-state index in [1.807, 2.05) is 17.0 Å². The first-order valence-electron chi connectivity index (χ1n) is 10.4. The van der Waals surface area contributed by atoms with Crippen LogP contribution >= 0.6 is 0 Å². The Bertz CT molecular complexity index is 851. The highest BCUT2D eigenvalue weighted by Gasteiger charge is 2.25. The number of aromatic nitrogens is 1. The molecule has 2 saturated heterocycles. The monoisotopic (exact) mass is 387 g/mol. The van der Waals surface area contributed by atoms with Crippen molar-refractivity contribution < 1.29 is 13.9 Å². The van der Waals surface area contributed by atoms with Crippen molar-refractivity contribution in [2.75, 3.05) is 45.9 Å². The minimum absolute atomic E-state index is 0.00623. The maximum Gasteiger partial charge on any atom is 0.420 e. The Morgan fingerprint density at radius 1 is 1.07 bits per heavy atom. The Kier molecular flexibility index (Phi) is 6.12. The molecule has 0 bridgehead atoms. The predicted octanol–water partition coefficient (Wildman–Crippen LogP) is 1.95. The Hall–Kier alpha value is -2.12. The van der Waals surface area contributed by atoms with Gasteiger partial charge in [-0.1, -0.05) is 25.0 Å². The van der Waals surface area contributed by atoms with Gasteiger partial charge in [-0.15, -0.1) is 0 Å². The summed E-state index contributed by atoms with van der Waals surface area (Å²) in [7, 11) is 0. The number of ether oxygens (including phenoxy) is 1. The minimum Gasteiger partial charge on any atom is -0.408 e. The first-order chi connectivity index (χ1) is 13.7. The van der Waals surface area contributed by atoms with Gasteiger partial charge in [-0.3, -0.25) is 9.36 Å². The number of fused-ring (bicyclic) bond motifs is 1. The maximum atomic E-state index is 13.0. The van der Waals surface area contributed by atoms with Crippen LogP contribution in [0.25, 0.3) is 11.1 Å². The van der Waals surface area contributed by atoms with Gasteiger partial charge in [0.25, 0.3) is 0 Å². The Labute approximate surface area is 164 Å². The zero-order valence-electron chi connectivity index (χ0n) is 16.3. The average Bonchev–Trinajstić information content (AvgIpc) is 2.93. The van der Waals surface area contributed by atoms with Crippen LogP contribution in [0.4, 0.5) is 0 Å². The van der Waals surface area contributed by atoms with Crippen LogP contribution in [-0.4, -0.2) is 66.2 Å². The first kappa shape index (κ1) is 19.2. The van der Waals surface area contributed by atoms with Gasteiger partial charge >= 0.3 is 5.76 Å². The van der Waals surface area contributed by atoms with Gasteiger partial charge in [0.15, 0.2) is 5.58 Å². The lowest BCUT2D eigenvalue weighted by Crippen LogP contribution is -2.42. The van der Waals surface area contributed by atoms with Crippen LogP contribution in [0.1, 0.15) is 25.7 Å². The summed E-state index contributed by atoms with van der Waals surface area (Å²) in [5.74, 6) is -0.232. The molecule has 1 amide bonds. The van der Waals surface area contributed by atoms with Crippen molar-refractivity contribution in [3.63, 3.8) is 0 Å². The highest BCUT2D eigenvalue weighted by molar-refractivity contribution is 5.79. The summed E-state index contributed by atoms with van der Waals surface area (Å²) in [4.78, 5) is 29.5. The lowest BCUT2D eigenvalue weighted by molar-refractivity contribution is -0.132. The van der Waals surface area contributed by atoms with Crippen molar-refractivity contribution >= 4 is 17.0 Å². The molecule has 7 nitrogen and oxygen atoms in total. The number of nitrogens with zero attached hydrogens (tertiary/aromatic N) is 3. The van der Waals surface area contributed by atoms with Crippen molar-refractivity contribution in [2.45, 2.75) is 32.2 Å². The van der Waals surface area contributed by atoms with E-state index in [0.29, 0.717) is 43.3 Å². The minimum atomic E-state index is -0.485. The van der Waals surface area contributed by atoms with Crippen LogP contribution in [0.5, 0.6) is 0 Å². The molecule has 0 radical (unpaired) electrons. The van der Waals surface area contributed by atoms with E-state index >= 15 is 0 Å². The molecule has 7 heteroatoms. The van der Waals surface area contributed by atoms with Crippen LogP contribution in [0.15, 0.2) is 33.5 Å². The van der Waals surface area contributed by atoms with Gasteiger partial charge in [0.05, 0.1) is 18.7 Å². The zero-order valence-corrected chi connectivity index (χ0v) is 16.3. The van der Waals surface area contributed by atoms with Crippen LogP contribution < -0.4 is 5.76 Å². The topological polar surface area (TPSA) is 67.9 Å². The molecule has 28 heavy (non-hydrogen) atoms. The standard InChI is InChI=1S/C21H29N3O4/c25-20(15-24-18-7-3-4-8-19(18)28-21(24)26)23-11-12-27-16-17(14-23)13-22-9-5-1-2-6-10-22/h3-4,7-8,17H,1-2,5-6,9-16H2. The van der Waals surface area contributed by atoms with Crippen molar-refractivity contribution in [3.05, 3.63) is 34.8 Å². The van der Waals surface area contributed by atoms with Gasteiger partial charge in [-0.05, 0) is 38.1 Å². The lowest BCUT2D eigenvalue weighted by Gasteiger charge is -2.28. The lowest BCUT2D eigenvalue weighted by atomic mass is 10.1. The predicted molar refractivity (Wildman–Crippen MR) is 106 cm³/mol. The number of carbonyl (C=O) groups is 1. The number of likely N-dealkylation sites (tertiary alicyclic amines) is 1. The van der Waals surface area contributed by atoms with Crippen molar-refractivity contribution in [1.82, 2.24) is 14.4 Å². The number of carbonyl (C=O) groups excluding carboxylic acids is 1. The Morgan fingerprint density at radius 3 is 2.68 bits per heavy atom. The molecule has 152 valence electrons. The summed E-state index contributed by atoms with van der Waals surface area (Å²) in [5.41, 5.74) is 1.17. The second-order valence-corrected chi connectivity index (χ2v) is 7.92. The molecule has 2 aliphatic heterocycles. The number of benzene rings is 1. The van der Waals surface area contributed by atoms with Crippen LogP contribution in [0.2, 0.25) is 0 Å².